The fourth-order valence-electron chi connectivity index (χ4n) is 3.81. The summed E-state index contributed by atoms with van der Waals surface area (Å²) in [6, 6.07) is 0.0467. The van der Waals surface area contributed by atoms with Crippen LogP contribution in [0.2, 0.25) is 0 Å². The van der Waals surface area contributed by atoms with Crippen molar-refractivity contribution in [3.05, 3.63) is 0 Å². The molecule has 0 aromatic rings. The highest BCUT2D eigenvalue weighted by Gasteiger charge is 2.40. The molecule has 1 aliphatic carbocycles. The lowest BCUT2D eigenvalue weighted by Gasteiger charge is -2.42. The fourth-order valence-corrected chi connectivity index (χ4v) is 3.81. The molecule has 1 amide bonds. The van der Waals surface area contributed by atoms with Crippen molar-refractivity contribution in [2.45, 2.75) is 84.3 Å². The van der Waals surface area contributed by atoms with Crippen LogP contribution in [0.25, 0.3) is 0 Å². The van der Waals surface area contributed by atoms with Gasteiger partial charge in [0.1, 0.15) is 11.4 Å². The number of rotatable bonds is 2. The Kier molecular flexibility index (Phi) is 5.51. The molecule has 4 nitrogen and oxygen atoms in total. The van der Waals surface area contributed by atoms with E-state index in [1.54, 1.807) is 0 Å². The number of amides is 1. The number of ether oxygens (including phenoxy) is 1. The van der Waals surface area contributed by atoms with Gasteiger partial charge in [0, 0.05) is 24.9 Å². The second-order valence-corrected chi connectivity index (χ2v) is 7.86. The van der Waals surface area contributed by atoms with Gasteiger partial charge in [-0.3, -0.25) is 4.79 Å². The van der Waals surface area contributed by atoms with Crippen molar-refractivity contribution >= 4 is 11.9 Å². The largest absolute Gasteiger partial charge is 0.444 e. The number of hydrogen-bond acceptors (Lipinski definition) is 3. The fraction of sp³-hybridized carbons (Fsp3) is 0.889. The second-order valence-electron chi connectivity index (χ2n) is 7.86. The van der Waals surface area contributed by atoms with Crippen LogP contribution in [0.4, 0.5) is 4.79 Å². The van der Waals surface area contributed by atoms with Crippen LogP contribution in [-0.4, -0.2) is 35.0 Å². The van der Waals surface area contributed by atoms with Crippen LogP contribution in [0.3, 0.4) is 0 Å². The molecule has 3 unspecified atom stereocenters. The Morgan fingerprint density at radius 1 is 1.27 bits per heavy atom. The van der Waals surface area contributed by atoms with E-state index in [1.165, 1.54) is 0 Å². The molecular weight excluding hydrogens is 278 g/mol. The lowest BCUT2D eigenvalue weighted by Crippen LogP contribution is -2.52. The van der Waals surface area contributed by atoms with Crippen LogP contribution in [0, 0.1) is 11.8 Å². The van der Waals surface area contributed by atoms with E-state index in [2.05, 4.69) is 6.92 Å². The smallest absolute Gasteiger partial charge is 0.410 e. The first-order valence-electron chi connectivity index (χ1n) is 8.84. The van der Waals surface area contributed by atoms with Crippen molar-refractivity contribution in [2.75, 3.05) is 6.54 Å². The van der Waals surface area contributed by atoms with E-state index in [-0.39, 0.29) is 18.1 Å². The summed E-state index contributed by atoms with van der Waals surface area (Å²) in [6.45, 7) is 8.60. The molecule has 1 heterocycles. The normalized spacial score (nSPS) is 30.3. The zero-order chi connectivity index (χ0) is 16.3. The Hall–Kier alpha value is -1.06. The maximum Gasteiger partial charge on any atom is 0.410 e. The van der Waals surface area contributed by atoms with Gasteiger partial charge >= 0.3 is 6.09 Å². The Bertz CT molecular complexity index is 413. The molecule has 1 aliphatic heterocycles. The third kappa shape index (κ3) is 4.23. The number of piperidine rings is 1. The summed E-state index contributed by atoms with van der Waals surface area (Å²) in [5.74, 6) is 1.00. The summed E-state index contributed by atoms with van der Waals surface area (Å²) in [5.41, 5.74) is -0.485. The predicted molar refractivity (Wildman–Crippen MR) is 86.7 cm³/mol. The molecule has 0 radical (unpaired) electrons. The first-order valence-corrected chi connectivity index (χ1v) is 8.84. The number of nitrogens with zero attached hydrogens (tertiary/aromatic N) is 1. The first kappa shape index (κ1) is 17.3. The molecule has 1 saturated heterocycles. The molecule has 0 bridgehead atoms. The van der Waals surface area contributed by atoms with Gasteiger partial charge in [-0.15, -0.1) is 0 Å². The van der Waals surface area contributed by atoms with Crippen LogP contribution in [0.5, 0.6) is 0 Å². The van der Waals surface area contributed by atoms with Gasteiger partial charge in [-0.05, 0) is 58.8 Å². The van der Waals surface area contributed by atoms with Gasteiger partial charge in [0.25, 0.3) is 0 Å². The van der Waals surface area contributed by atoms with Crippen molar-refractivity contribution in [3.8, 4) is 0 Å². The summed E-state index contributed by atoms with van der Waals surface area (Å²) < 4.78 is 5.56. The van der Waals surface area contributed by atoms with Crippen molar-refractivity contribution in [1.82, 2.24) is 4.90 Å². The van der Waals surface area contributed by atoms with E-state index in [0.29, 0.717) is 18.1 Å². The Labute approximate surface area is 134 Å². The van der Waals surface area contributed by atoms with E-state index in [9.17, 15) is 9.59 Å². The molecule has 22 heavy (non-hydrogen) atoms. The van der Waals surface area contributed by atoms with Crippen LogP contribution in [0.1, 0.15) is 72.6 Å². The molecule has 0 spiro atoms. The van der Waals surface area contributed by atoms with Gasteiger partial charge in [0.15, 0.2) is 0 Å². The summed E-state index contributed by atoms with van der Waals surface area (Å²) in [4.78, 5) is 26.8. The highest BCUT2D eigenvalue weighted by molar-refractivity contribution is 5.83. The summed E-state index contributed by atoms with van der Waals surface area (Å²) in [6.07, 6.45) is 6.57. The number of hydrogen-bond donors (Lipinski definition) is 0. The van der Waals surface area contributed by atoms with E-state index in [0.717, 1.165) is 45.1 Å². The van der Waals surface area contributed by atoms with Gasteiger partial charge in [0.05, 0.1) is 0 Å². The average molecular weight is 309 g/mol. The number of Topliss-reactive ketones (excluding diaryl/α,β-unsaturated/α-hetero) is 1. The number of ketones is 1. The molecular formula is C18H31NO3. The summed E-state index contributed by atoms with van der Waals surface area (Å²) >= 11 is 0. The van der Waals surface area contributed by atoms with Gasteiger partial charge in [-0.1, -0.05) is 13.3 Å². The molecule has 1 saturated carbocycles. The minimum absolute atomic E-state index is 0.0199. The highest BCUT2D eigenvalue weighted by Crippen LogP contribution is 2.36. The van der Waals surface area contributed by atoms with Crippen molar-refractivity contribution < 1.29 is 14.3 Å². The minimum atomic E-state index is -0.485. The molecule has 2 fully saturated rings. The molecule has 0 aromatic heterocycles. The van der Waals surface area contributed by atoms with Crippen LogP contribution in [0.15, 0.2) is 0 Å². The summed E-state index contributed by atoms with van der Waals surface area (Å²) in [7, 11) is 0. The zero-order valence-electron chi connectivity index (χ0n) is 14.6. The third-order valence-corrected chi connectivity index (χ3v) is 5.02. The number of carbonyl (C=O) groups excluding carboxylic acids is 2. The lowest BCUT2D eigenvalue weighted by molar-refractivity contribution is -0.128. The standard InChI is InChI=1S/C18H31NO3/c1-5-13-9-10-16(20)14(12-13)15-8-6-7-11-19(15)17(21)22-18(2,3)4/h13-15H,5-12H2,1-4H3. The number of likely N-dealkylation sites (tertiary alicyclic amines) is 1. The molecule has 0 aromatic carbocycles. The van der Waals surface area contributed by atoms with E-state index in [4.69, 9.17) is 4.74 Å². The lowest BCUT2D eigenvalue weighted by atomic mass is 9.74. The molecule has 2 rings (SSSR count). The topological polar surface area (TPSA) is 46.6 Å². The van der Waals surface area contributed by atoms with Crippen LogP contribution in [-0.2, 0) is 9.53 Å². The van der Waals surface area contributed by atoms with Gasteiger partial charge in [-0.25, -0.2) is 4.79 Å². The zero-order valence-corrected chi connectivity index (χ0v) is 14.6. The molecule has 0 N–H and O–H groups in total. The second kappa shape index (κ2) is 7.01. The molecule has 3 atom stereocenters. The monoisotopic (exact) mass is 309 g/mol. The average Bonchev–Trinajstić information content (AvgIpc) is 2.46. The minimum Gasteiger partial charge on any atom is -0.444 e. The Morgan fingerprint density at radius 2 is 2.00 bits per heavy atom. The maximum absolute atomic E-state index is 12.5. The van der Waals surface area contributed by atoms with Gasteiger partial charge in [-0.2, -0.15) is 0 Å². The molecule has 126 valence electrons. The molecule has 2 aliphatic rings. The Morgan fingerprint density at radius 3 is 2.64 bits per heavy atom. The third-order valence-electron chi connectivity index (χ3n) is 5.02. The quantitative estimate of drug-likeness (QED) is 0.769. The van der Waals surface area contributed by atoms with E-state index >= 15 is 0 Å². The van der Waals surface area contributed by atoms with Gasteiger partial charge < -0.3 is 9.64 Å². The number of carbonyl (C=O) groups is 2. The van der Waals surface area contributed by atoms with Crippen LogP contribution >= 0.6 is 0 Å². The maximum atomic E-state index is 12.5. The van der Waals surface area contributed by atoms with Crippen molar-refractivity contribution in [3.63, 3.8) is 0 Å². The van der Waals surface area contributed by atoms with Crippen molar-refractivity contribution in [2.24, 2.45) is 11.8 Å². The molecule has 4 heteroatoms. The van der Waals surface area contributed by atoms with E-state index in [1.807, 2.05) is 25.7 Å². The SMILES string of the molecule is CCC1CCC(=O)C(C2CCCCN2C(=O)OC(C)(C)C)C1. The van der Waals surface area contributed by atoms with Crippen molar-refractivity contribution in [1.29, 1.82) is 0 Å². The first-order chi connectivity index (χ1) is 10.3. The predicted octanol–water partition coefficient (Wildman–Crippen LogP) is 4.17. The van der Waals surface area contributed by atoms with Gasteiger partial charge in [0.2, 0.25) is 0 Å². The van der Waals surface area contributed by atoms with Crippen LogP contribution < -0.4 is 0 Å². The highest BCUT2D eigenvalue weighted by atomic mass is 16.6. The summed E-state index contributed by atoms with van der Waals surface area (Å²) in [5, 5.41) is 0. The Balaban J connectivity index is 2.11. The van der Waals surface area contributed by atoms with E-state index < -0.39 is 5.60 Å².